The largest absolute Gasteiger partial charge is 0.368 e. The van der Waals surface area contributed by atoms with E-state index in [9.17, 15) is 8.42 Å². The monoisotopic (exact) mass is 289 g/mol. The first kappa shape index (κ1) is 14.4. The standard InChI is InChI=1S/C11H19N3O4S/c1-2-3-7-19(15,16)12-8-10-13-11(18-14-10)9-5-4-6-17-9/h9,12H,2-8H2,1H3. The Bertz CT molecular complexity index is 494. The van der Waals surface area contributed by atoms with Gasteiger partial charge in [0.25, 0.3) is 5.89 Å². The molecule has 0 aliphatic carbocycles. The van der Waals surface area contributed by atoms with Gasteiger partial charge in [0, 0.05) is 6.61 Å². The molecule has 1 unspecified atom stereocenters. The second-order valence-corrected chi connectivity index (χ2v) is 6.47. The lowest BCUT2D eigenvalue weighted by Gasteiger charge is -2.03. The van der Waals surface area contributed by atoms with Crippen molar-refractivity contribution in [1.82, 2.24) is 14.9 Å². The maximum absolute atomic E-state index is 11.6. The summed E-state index contributed by atoms with van der Waals surface area (Å²) in [4.78, 5) is 4.15. The fraction of sp³-hybridized carbons (Fsp3) is 0.818. The molecular formula is C11H19N3O4S. The van der Waals surface area contributed by atoms with Crippen LogP contribution in [0.3, 0.4) is 0 Å². The predicted octanol–water partition coefficient (Wildman–Crippen LogP) is 1.14. The molecule has 8 heteroatoms. The van der Waals surface area contributed by atoms with E-state index in [4.69, 9.17) is 9.26 Å². The predicted molar refractivity (Wildman–Crippen MR) is 67.8 cm³/mol. The van der Waals surface area contributed by atoms with Crippen LogP contribution >= 0.6 is 0 Å². The third-order valence-electron chi connectivity index (χ3n) is 2.91. The highest BCUT2D eigenvalue weighted by Crippen LogP contribution is 2.26. The van der Waals surface area contributed by atoms with Crippen LogP contribution in [0.15, 0.2) is 4.52 Å². The van der Waals surface area contributed by atoms with Crippen molar-refractivity contribution in [2.75, 3.05) is 12.4 Å². The van der Waals surface area contributed by atoms with Crippen molar-refractivity contribution < 1.29 is 17.7 Å². The van der Waals surface area contributed by atoms with E-state index in [1.807, 2.05) is 6.92 Å². The van der Waals surface area contributed by atoms with Gasteiger partial charge in [0.15, 0.2) is 5.82 Å². The maximum atomic E-state index is 11.6. The highest BCUT2D eigenvalue weighted by Gasteiger charge is 2.24. The van der Waals surface area contributed by atoms with Crippen molar-refractivity contribution >= 4 is 10.0 Å². The summed E-state index contributed by atoms with van der Waals surface area (Å²) < 4.78 is 36.2. The lowest BCUT2D eigenvalue weighted by atomic mass is 10.2. The van der Waals surface area contributed by atoms with Gasteiger partial charge >= 0.3 is 0 Å². The summed E-state index contributed by atoms with van der Waals surface area (Å²) in [5.74, 6) is 0.894. The summed E-state index contributed by atoms with van der Waals surface area (Å²) in [5, 5.41) is 3.75. The molecule has 1 aromatic heterocycles. The van der Waals surface area contributed by atoms with E-state index in [1.165, 1.54) is 0 Å². The Morgan fingerprint density at radius 2 is 2.32 bits per heavy atom. The zero-order valence-corrected chi connectivity index (χ0v) is 11.8. The average Bonchev–Trinajstić information content (AvgIpc) is 3.04. The van der Waals surface area contributed by atoms with Crippen LogP contribution in [0.4, 0.5) is 0 Å². The average molecular weight is 289 g/mol. The molecule has 1 saturated heterocycles. The number of rotatable bonds is 7. The van der Waals surface area contributed by atoms with Crippen LogP contribution < -0.4 is 4.72 Å². The molecule has 0 aromatic carbocycles. The second kappa shape index (κ2) is 6.44. The molecule has 2 heterocycles. The molecule has 7 nitrogen and oxygen atoms in total. The van der Waals surface area contributed by atoms with Crippen LogP contribution in [0.2, 0.25) is 0 Å². The molecule has 0 radical (unpaired) electrons. The maximum Gasteiger partial charge on any atom is 0.255 e. The summed E-state index contributed by atoms with van der Waals surface area (Å²) >= 11 is 0. The smallest absolute Gasteiger partial charge is 0.255 e. The number of hydrogen-bond acceptors (Lipinski definition) is 6. The van der Waals surface area contributed by atoms with Gasteiger partial charge in [-0.1, -0.05) is 18.5 Å². The van der Waals surface area contributed by atoms with E-state index in [2.05, 4.69) is 14.9 Å². The number of unbranched alkanes of at least 4 members (excludes halogenated alkanes) is 1. The van der Waals surface area contributed by atoms with E-state index in [0.29, 0.717) is 24.7 Å². The summed E-state index contributed by atoms with van der Waals surface area (Å²) in [6, 6.07) is 0. The molecule has 0 bridgehead atoms. The molecule has 1 aliphatic heterocycles. The van der Waals surface area contributed by atoms with Crippen molar-refractivity contribution in [3.8, 4) is 0 Å². The molecule has 1 aromatic rings. The number of nitrogens with one attached hydrogen (secondary N) is 1. The minimum atomic E-state index is -3.25. The van der Waals surface area contributed by atoms with E-state index in [1.54, 1.807) is 0 Å². The van der Waals surface area contributed by atoms with E-state index in [0.717, 1.165) is 19.3 Å². The van der Waals surface area contributed by atoms with E-state index >= 15 is 0 Å². The van der Waals surface area contributed by atoms with Gasteiger partial charge in [-0.05, 0) is 19.3 Å². The highest BCUT2D eigenvalue weighted by molar-refractivity contribution is 7.89. The fourth-order valence-corrected chi connectivity index (χ4v) is 2.99. The van der Waals surface area contributed by atoms with Crippen LogP contribution in [0, 0.1) is 0 Å². The number of ether oxygens (including phenoxy) is 1. The van der Waals surface area contributed by atoms with Crippen molar-refractivity contribution in [2.45, 2.75) is 45.3 Å². The molecule has 0 spiro atoms. The first-order chi connectivity index (χ1) is 9.11. The van der Waals surface area contributed by atoms with Crippen LogP contribution in [0.25, 0.3) is 0 Å². The second-order valence-electron chi connectivity index (χ2n) is 4.54. The van der Waals surface area contributed by atoms with Crippen LogP contribution in [-0.2, 0) is 21.3 Å². The van der Waals surface area contributed by atoms with Crippen LogP contribution in [-0.4, -0.2) is 30.9 Å². The lowest BCUT2D eigenvalue weighted by Crippen LogP contribution is -2.26. The number of sulfonamides is 1. The van der Waals surface area contributed by atoms with Crippen molar-refractivity contribution in [3.05, 3.63) is 11.7 Å². The Balaban J connectivity index is 1.86. The zero-order chi connectivity index (χ0) is 13.7. The van der Waals surface area contributed by atoms with E-state index in [-0.39, 0.29) is 18.4 Å². The van der Waals surface area contributed by atoms with Crippen molar-refractivity contribution in [3.63, 3.8) is 0 Å². The molecule has 0 amide bonds. The fourth-order valence-electron chi connectivity index (χ4n) is 1.82. The van der Waals surface area contributed by atoms with Gasteiger partial charge in [-0.25, -0.2) is 13.1 Å². The van der Waals surface area contributed by atoms with Crippen LogP contribution in [0.5, 0.6) is 0 Å². The van der Waals surface area contributed by atoms with Crippen molar-refractivity contribution in [1.29, 1.82) is 0 Å². The third kappa shape index (κ3) is 4.26. The summed E-state index contributed by atoms with van der Waals surface area (Å²) in [6.45, 7) is 2.71. The van der Waals surface area contributed by atoms with E-state index < -0.39 is 10.0 Å². The zero-order valence-electron chi connectivity index (χ0n) is 11.0. The van der Waals surface area contributed by atoms with Gasteiger partial charge in [0.05, 0.1) is 12.3 Å². The summed E-state index contributed by atoms with van der Waals surface area (Å²) in [7, 11) is -3.25. The van der Waals surface area contributed by atoms with Gasteiger partial charge in [-0.3, -0.25) is 0 Å². The molecular weight excluding hydrogens is 270 g/mol. The van der Waals surface area contributed by atoms with Gasteiger partial charge < -0.3 is 9.26 Å². The Hall–Kier alpha value is -0.990. The quantitative estimate of drug-likeness (QED) is 0.809. The number of aromatic nitrogens is 2. The summed E-state index contributed by atoms with van der Waals surface area (Å²) in [6.07, 6.45) is 3.18. The van der Waals surface area contributed by atoms with Crippen molar-refractivity contribution in [2.24, 2.45) is 0 Å². The lowest BCUT2D eigenvalue weighted by molar-refractivity contribution is 0.0835. The van der Waals surface area contributed by atoms with Crippen LogP contribution in [0.1, 0.15) is 50.4 Å². The minimum Gasteiger partial charge on any atom is -0.368 e. The number of nitrogens with zero attached hydrogens (tertiary/aromatic N) is 2. The molecule has 19 heavy (non-hydrogen) atoms. The SMILES string of the molecule is CCCCS(=O)(=O)NCc1noc(C2CCCO2)n1. The Kier molecular flexibility index (Phi) is 4.89. The third-order valence-corrected chi connectivity index (χ3v) is 4.32. The molecule has 1 fully saturated rings. The molecule has 2 rings (SSSR count). The molecule has 0 saturated carbocycles. The first-order valence-corrected chi connectivity index (χ1v) is 8.17. The molecule has 1 aliphatic rings. The normalized spacial score (nSPS) is 19.9. The molecule has 1 N–H and O–H groups in total. The van der Waals surface area contributed by atoms with Gasteiger partial charge in [-0.2, -0.15) is 4.98 Å². The Morgan fingerprint density at radius 3 is 3.00 bits per heavy atom. The molecule has 108 valence electrons. The Labute approximate surface area is 112 Å². The Morgan fingerprint density at radius 1 is 1.47 bits per heavy atom. The highest BCUT2D eigenvalue weighted by atomic mass is 32.2. The first-order valence-electron chi connectivity index (χ1n) is 6.52. The minimum absolute atomic E-state index is 0.0578. The van der Waals surface area contributed by atoms with Gasteiger partial charge in [0.2, 0.25) is 10.0 Å². The summed E-state index contributed by atoms with van der Waals surface area (Å²) in [5.41, 5.74) is 0. The molecule has 1 atom stereocenters. The van der Waals surface area contributed by atoms with Gasteiger partial charge in [0.1, 0.15) is 6.10 Å². The number of hydrogen-bond donors (Lipinski definition) is 1. The topological polar surface area (TPSA) is 94.3 Å². The van der Waals surface area contributed by atoms with Gasteiger partial charge in [-0.15, -0.1) is 0 Å².